The third kappa shape index (κ3) is 5.37. The molecule has 0 saturated carbocycles. The molecule has 1 rings (SSSR count). The molecular weight excluding hydrogens is 212 g/mol. The number of rotatable bonds is 7. The quantitative estimate of drug-likeness (QED) is 0.725. The van der Waals surface area contributed by atoms with Crippen LogP contribution in [-0.2, 0) is 0 Å². The highest BCUT2D eigenvalue weighted by Crippen LogP contribution is 2.11. The fourth-order valence-electron chi connectivity index (χ4n) is 1.48. The van der Waals surface area contributed by atoms with E-state index in [4.69, 9.17) is 10.00 Å². The number of ether oxygens (including phenoxy) is 1. The van der Waals surface area contributed by atoms with Crippen LogP contribution in [0.1, 0.15) is 25.3 Å². The minimum absolute atomic E-state index is 0.664. The molecule has 0 fully saturated rings. The smallest absolute Gasteiger partial charge is 0.119 e. The maximum absolute atomic E-state index is 8.66. The van der Waals surface area contributed by atoms with Gasteiger partial charge in [0.25, 0.3) is 0 Å². The SMILES string of the molecule is CCCCN(C)CCOc1ccc(C#N)cc1. The number of hydrogen-bond acceptors (Lipinski definition) is 3. The van der Waals surface area contributed by atoms with Crippen LogP contribution in [-0.4, -0.2) is 31.6 Å². The number of likely N-dealkylation sites (N-methyl/N-ethyl adjacent to an activating group) is 1. The van der Waals surface area contributed by atoms with Crippen LogP contribution < -0.4 is 4.74 Å². The second kappa shape index (κ2) is 7.70. The molecule has 1 aromatic rings. The van der Waals surface area contributed by atoms with E-state index < -0.39 is 0 Å². The molecule has 92 valence electrons. The molecule has 0 atom stereocenters. The van der Waals surface area contributed by atoms with Gasteiger partial charge in [-0.2, -0.15) is 5.26 Å². The molecule has 0 N–H and O–H groups in total. The number of benzene rings is 1. The average Bonchev–Trinajstić information content (AvgIpc) is 2.37. The predicted molar refractivity (Wildman–Crippen MR) is 69.1 cm³/mol. The third-order valence-electron chi connectivity index (χ3n) is 2.62. The summed E-state index contributed by atoms with van der Waals surface area (Å²) in [6.45, 7) is 4.93. The van der Waals surface area contributed by atoms with E-state index in [1.165, 1.54) is 12.8 Å². The Morgan fingerprint density at radius 3 is 2.53 bits per heavy atom. The minimum Gasteiger partial charge on any atom is -0.492 e. The second-order valence-corrected chi connectivity index (χ2v) is 4.14. The van der Waals surface area contributed by atoms with Gasteiger partial charge in [0, 0.05) is 6.54 Å². The van der Waals surface area contributed by atoms with Gasteiger partial charge in [-0.15, -0.1) is 0 Å². The molecule has 17 heavy (non-hydrogen) atoms. The molecule has 0 amide bonds. The lowest BCUT2D eigenvalue weighted by atomic mass is 10.2. The minimum atomic E-state index is 0.664. The van der Waals surface area contributed by atoms with Crippen molar-refractivity contribution >= 4 is 0 Å². The summed E-state index contributed by atoms with van der Waals surface area (Å²) in [6.07, 6.45) is 2.45. The molecule has 0 aromatic heterocycles. The summed E-state index contributed by atoms with van der Waals surface area (Å²) < 4.78 is 5.61. The number of unbranched alkanes of at least 4 members (excludes halogenated alkanes) is 1. The largest absolute Gasteiger partial charge is 0.492 e. The first-order valence-electron chi connectivity index (χ1n) is 6.07. The zero-order valence-corrected chi connectivity index (χ0v) is 10.6. The Morgan fingerprint density at radius 2 is 1.94 bits per heavy atom. The average molecular weight is 232 g/mol. The number of nitriles is 1. The van der Waals surface area contributed by atoms with Crippen molar-refractivity contribution in [2.45, 2.75) is 19.8 Å². The van der Waals surface area contributed by atoms with E-state index in [0.29, 0.717) is 12.2 Å². The Bertz CT molecular complexity index is 353. The standard InChI is InChI=1S/C14H20N2O/c1-3-4-9-16(2)10-11-17-14-7-5-13(12-15)6-8-14/h5-8H,3-4,9-11H2,1-2H3. The maximum Gasteiger partial charge on any atom is 0.119 e. The second-order valence-electron chi connectivity index (χ2n) is 4.14. The van der Waals surface area contributed by atoms with Crippen LogP contribution in [0.4, 0.5) is 0 Å². The molecule has 0 aliphatic rings. The maximum atomic E-state index is 8.66. The summed E-state index contributed by atoms with van der Waals surface area (Å²) in [5, 5.41) is 8.66. The Hall–Kier alpha value is -1.53. The first-order chi connectivity index (χ1) is 8.26. The van der Waals surface area contributed by atoms with Crippen LogP contribution in [0.25, 0.3) is 0 Å². The topological polar surface area (TPSA) is 36.3 Å². The molecule has 0 saturated heterocycles. The third-order valence-corrected chi connectivity index (χ3v) is 2.62. The molecule has 0 bridgehead atoms. The van der Waals surface area contributed by atoms with Gasteiger partial charge in [-0.25, -0.2) is 0 Å². The molecule has 3 nitrogen and oxygen atoms in total. The fraction of sp³-hybridized carbons (Fsp3) is 0.500. The van der Waals surface area contributed by atoms with Crippen molar-refractivity contribution in [3.8, 4) is 11.8 Å². The van der Waals surface area contributed by atoms with Gasteiger partial charge in [0.05, 0.1) is 11.6 Å². The molecule has 3 heteroatoms. The zero-order chi connectivity index (χ0) is 12.5. The Morgan fingerprint density at radius 1 is 1.24 bits per heavy atom. The molecule has 0 aliphatic carbocycles. The molecule has 1 aromatic carbocycles. The van der Waals surface area contributed by atoms with Crippen molar-refractivity contribution in [3.05, 3.63) is 29.8 Å². The Balaban J connectivity index is 2.24. The lowest BCUT2D eigenvalue weighted by molar-refractivity contribution is 0.235. The molecule has 0 unspecified atom stereocenters. The van der Waals surface area contributed by atoms with Crippen LogP contribution in [0.3, 0.4) is 0 Å². The van der Waals surface area contributed by atoms with E-state index in [2.05, 4.69) is 24.9 Å². The highest BCUT2D eigenvalue weighted by Gasteiger charge is 1.98. The van der Waals surface area contributed by atoms with Gasteiger partial charge in [0.2, 0.25) is 0 Å². The molecule has 0 radical (unpaired) electrons. The van der Waals surface area contributed by atoms with Crippen LogP contribution in [0.2, 0.25) is 0 Å². The van der Waals surface area contributed by atoms with Crippen LogP contribution >= 0.6 is 0 Å². The van der Waals surface area contributed by atoms with E-state index in [-0.39, 0.29) is 0 Å². The molecular formula is C14H20N2O. The van der Waals surface area contributed by atoms with Gasteiger partial charge in [-0.3, -0.25) is 0 Å². The first-order valence-corrected chi connectivity index (χ1v) is 6.07. The Kier molecular flexibility index (Phi) is 6.13. The normalized spacial score (nSPS) is 10.2. The predicted octanol–water partition coefficient (Wildman–Crippen LogP) is 2.67. The summed E-state index contributed by atoms with van der Waals surface area (Å²) in [7, 11) is 2.11. The van der Waals surface area contributed by atoms with Gasteiger partial charge >= 0.3 is 0 Å². The van der Waals surface area contributed by atoms with Gasteiger partial charge in [-0.1, -0.05) is 13.3 Å². The van der Waals surface area contributed by atoms with Crippen molar-refractivity contribution in [1.82, 2.24) is 4.90 Å². The van der Waals surface area contributed by atoms with Crippen molar-refractivity contribution in [1.29, 1.82) is 5.26 Å². The van der Waals surface area contributed by atoms with Crippen molar-refractivity contribution in [2.75, 3.05) is 26.7 Å². The highest BCUT2D eigenvalue weighted by atomic mass is 16.5. The summed E-state index contributed by atoms with van der Waals surface area (Å²) in [5.41, 5.74) is 0.664. The van der Waals surface area contributed by atoms with E-state index in [9.17, 15) is 0 Å². The van der Waals surface area contributed by atoms with Gasteiger partial charge in [-0.05, 0) is 44.3 Å². The highest BCUT2D eigenvalue weighted by molar-refractivity contribution is 5.34. The Labute approximate surface area is 104 Å². The molecule has 0 spiro atoms. The number of nitrogens with zero attached hydrogens (tertiary/aromatic N) is 2. The van der Waals surface area contributed by atoms with Crippen molar-refractivity contribution < 1.29 is 4.74 Å². The number of hydrogen-bond donors (Lipinski definition) is 0. The van der Waals surface area contributed by atoms with Crippen molar-refractivity contribution in [2.24, 2.45) is 0 Å². The summed E-state index contributed by atoms with van der Waals surface area (Å²) in [4.78, 5) is 2.27. The summed E-state index contributed by atoms with van der Waals surface area (Å²) >= 11 is 0. The van der Waals surface area contributed by atoms with Crippen molar-refractivity contribution in [3.63, 3.8) is 0 Å². The van der Waals surface area contributed by atoms with Crippen LogP contribution in [0, 0.1) is 11.3 Å². The fourth-order valence-corrected chi connectivity index (χ4v) is 1.48. The van der Waals surface area contributed by atoms with Crippen LogP contribution in [0.5, 0.6) is 5.75 Å². The lowest BCUT2D eigenvalue weighted by Crippen LogP contribution is -2.25. The lowest BCUT2D eigenvalue weighted by Gasteiger charge is -2.16. The van der Waals surface area contributed by atoms with E-state index >= 15 is 0 Å². The summed E-state index contributed by atoms with van der Waals surface area (Å²) in [6, 6.07) is 9.31. The van der Waals surface area contributed by atoms with E-state index in [1.54, 1.807) is 12.1 Å². The van der Waals surface area contributed by atoms with E-state index in [1.807, 2.05) is 12.1 Å². The molecule has 0 heterocycles. The first kappa shape index (κ1) is 13.5. The van der Waals surface area contributed by atoms with E-state index in [0.717, 1.165) is 18.8 Å². The van der Waals surface area contributed by atoms with Gasteiger partial charge in [0.15, 0.2) is 0 Å². The van der Waals surface area contributed by atoms with Crippen LogP contribution in [0.15, 0.2) is 24.3 Å². The van der Waals surface area contributed by atoms with Gasteiger partial charge in [0.1, 0.15) is 12.4 Å². The summed E-state index contributed by atoms with van der Waals surface area (Å²) in [5.74, 6) is 0.827. The van der Waals surface area contributed by atoms with Gasteiger partial charge < -0.3 is 9.64 Å². The zero-order valence-electron chi connectivity index (χ0n) is 10.6. The molecule has 0 aliphatic heterocycles. The monoisotopic (exact) mass is 232 g/mol.